The van der Waals surface area contributed by atoms with E-state index in [0.717, 1.165) is 24.6 Å². The third-order valence-electron chi connectivity index (χ3n) is 2.95. The summed E-state index contributed by atoms with van der Waals surface area (Å²) in [5.74, 6) is 1.36. The molecule has 0 spiro atoms. The molecule has 15 heavy (non-hydrogen) atoms. The smallest absolute Gasteiger partial charge is 0.101 e. The maximum atomic E-state index is 5.87. The van der Waals surface area contributed by atoms with Crippen LogP contribution in [0.15, 0.2) is 0 Å². The maximum Gasteiger partial charge on any atom is 0.101 e. The van der Waals surface area contributed by atoms with Gasteiger partial charge in [-0.25, -0.2) is 4.68 Å². The SMILES string of the molecule is CCCCn1nnc(CCl)c1CC1CC1. The maximum absolute atomic E-state index is 5.87. The van der Waals surface area contributed by atoms with E-state index in [-0.39, 0.29) is 0 Å². The Balaban J connectivity index is 2.08. The van der Waals surface area contributed by atoms with Crippen molar-refractivity contribution in [2.45, 2.75) is 51.5 Å². The molecule has 84 valence electrons. The van der Waals surface area contributed by atoms with Crippen LogP contribution in [0.1, 0.15) is 44.0 Å². The van der Waals surface area contributed by atoms with E-state index < -0.39 is 0 Å². The van der Waals surface area contributed by atoms with Crippen LogP contribution in [-0.4, -0.2) is 15.0 Å². The molecule has 0 aliphatic heterocycles. The van der Waals surface area contributed by atoms with E-state index in [1.165, 1.54) is 31.4 Å². The van der Waals surface area contributed by atoms with Gasteiger partial charge in [-0.05, 0) is 31.6 Å². The van der Waals surface area contributed by atoms with Crippen molar-refractivity contribution < 1.29 is 0 Å². The lowest BCUT2D eigenvalue weighted by Gasteiger charge is -2.05. The van der Waals surface area contributed by atoms with Crippen molar-refractivity contribution in [3.8, 4) is 0 Å². The molecule has 4 heteroatoms. The van der Waals surface area contributed by atoms with E-state index in [2.05, 4.69) is 21.9 Å². The topological polar surface area (TPSA) is 30.7 Å². The summed E-state index contributed by atoms with van der Waals surface area (Å²) in [4.78, 5) is 0. The summed E-state index contributed by atoms with van der Waals surface area (Å²) in [6, 6.07) is 0. The summed E-state index contributed by atoms with van der Waals surface area (Å²) in [5, 5.41) is 8.34. The van der Waals surface area contributed by atoms with Gasteiger partial charge in [0.15, 0.2) is 0 Å². The Kier molecular flexibility index (Phi) is 3.62. The van der Waals surface area contributed by atoms with Crippen molar-refractivity contribution in [1.29, 1.82) is 0 Å². The van der Waals surface area contributed by atoms with Crippen LogP contribution in [0.25, 0.3) is 0 Å². The third-order valence-corrected chi connectivity index (χ3v) is 3.20. The predicted molar refractivity (Wildman–Crippen MR) is 60.9 cm³/mol. The molecule has 0 saturated heterocycles. The molecule has 0 unspecified atom stereocenters. The average molecular weight is 228 g/mol. The van der Waals surface area contributed by atoms with Gasteiger partial charge >= 0.3 is 0 Å². The summed E-state index contributed by atoms with van der Waals surface area (Å²) in [6.45, 7) is 3.18. The van der Waals surface area contributed by atoms with Gasteiger partial charge < -0.3 is 0 Å². The minimum atomic E-state index is 0.494. The summed E-state index contributed by atoms with van der Waals surface area (Å²) in [5.41, 5.74) is 2.26. The van der Waals surface area contributed by atoms with Crippen molar-refractivity contribution in [3.63, 3.8) is 0 Å². The van der Waals surface area contributed by atoms with Gasteiger partial charge in [-0.2, -0.15) is 0 Å². The summed E-state index contributed by atoms with van der Waals surface area (Å²) in [7, 11) is 0. The van der Waals surface area contributed by atoms with Gasteiger partial charge in [0.25, 0.3) is 0 Å². The standard InChI is InChI=1S/C11H18ClN3/c1-2-3-6-15-11(7-9-4-5-9)10(8-12)13-14-15/h9H,2-8H2,1H3. The molecule has 0 bridgehead atoms. The van der Waals surface area contributed by atoms with Crippen molar-refractivity contribution in [3.05, 3.63) is 11.4 Å². The molecule has 1 fully saturated rings. The average Bonchev–Trinajstić information content (AvgIpc) is 2.97. The first-order valence-electron chi connectivity index (χ1n) is 5.82. The Morgan fingerprint density at radius 1 is 1.47 bits per heavy atom. The quantitative estimate of drug-likeness (QED) is 0.700. The fourth-order valence-corrected chi connectivity index (χ4v) is 1.99. The Labute approximate surface area is 95.8 Å². The van der Waals surface area contributed by atoms with Gasteiger partial charge in [-0.15, -0.1) is 16.7 Å². The number of halogens is 1. The predicted octanol–water partition coefficient (Wildman–Crippen LogP) is 2.77. The summed E-state index contributed by atoms with van der Waals surface area (Å²) >= 11 is 5.87. The van der Waals surface area contributed by atoms with Gasteiger partial charge in [-0.3, -0.25) is 0 Å². The molecule has 0 radical (unpaired) electrons. The number of hydrogen-bond acceptors (Lipinski definition) is 2. The van der Waals surface area contributed by atoms with Crippen LogP contribution in [0, 0.1) is 5.92 Å². The van der Waals surface area contributed by atoms with Crippen molar-refractivity contribution in [1.82, 2.24) is 15.0 Å². The van der Waals surface area contributed by atoms with E-state index in [9.17, 15) is 0 Å². The monoisotopic (exact) mass is 227 g/mol. The van der Waals surface area contributed by atoms with Gasteiger partial charge in [0.05, 0.1) is 11.6 Å². The van der Waals surface area contributed by atoms with Crippen molar-refractivity contribution in [2.24, 2.45) is 5.92 Å². The highest BCUT2D eigenvalue weighted by molar-refractivity contribution is 6.16. The Bertz CT molecular complexity index is 318. The van der Waals surface area contributed by atoms with Crippen LogP contribution in [0.4, 0.5) is 0 Å². The van der Waals surface area contributed by atoms with Crippen LogP contribution in [-0.2, 0) is 18.8 Å². The molecule has 0 N–H and O–H groups in total. The number of alkyl halides is 1. The Morgan fingerprint density at radius 3 is 2.87 bits per heavy atom. The van der Waals surface area contributed by atoms with Crippen LogP contribution < -0.4 is 0 Å². The lowest BCUT2D eigenvalue weighted by atomic mass is 10.2. The number of aryl methyl sites for hydroxylation is 1. The number of unbranched alkanes of at least 4 members (excludes halogenated alkanes) is 1. The summed E-state index contributed by atoms with van der Waals surface area (Å²) < 4.78 is 2.06. The van der Waals surface area contributed by atoms with Crippen LogP contribution in [0.5, 0.6) is 0 Å². The molecular weight excluding hydrogens is 210 g/mol. The minimum absolute atomic E-state index is 0.494. The molecule has 1 aromatic rings. The first kappa shape index (κ1) is 10.9. The number of rotatable bonds is 6. The van der Waals surface area contributed by atoms with Crippen molar-refractivity contribution in [2.75, 3.05) is 0 Å². The third kappa shape index (κ3) is 2.71. The second kappa shape index (κ2) is 4.97. The highest BCUT2D eigenvalue weighted by Crippen LogP contribution is 2.33. The zero-order valence-electron chi connectivity index (χ0n) is 9.25. The highest BCUT2D eigenvalue weighted by atomic mass is 35.5. The normalized spacial score (nSPS) is 15.9. The molecular formula is C11H18ClN3. The second-order valence-corrected chi connectivity index (χ2v) is 4.61. The van der Waals surface area contributed by atoms with E-state index in [0.29, 0.717) is 5.88 Å². The van der Waals surface area contributed by atoms with Crippen LogP contribution >= 0.6 is 11.6 Å². The minimum Gasteiger partial charge on any atom is -0.249 e. The molecule has 0 atom stereocenters. The molecule has 1 heterocycles. The van der Waals surface area contributed by atoms with Gasteiger partial charge in [0.2, 0.25) is 0 Å². The largest absolute Gasteiger partial charge is 0.249 e. The van der Waals surface area contributed by atoms with Gasteiger partial charge in [0, 0.05) is 6.54 Å². The van der Waals surface area contributed by atoms with E-state index in [1.54, 1.807) is 0 Å². The van der Waals surface area contributed by atoms with Gasteiger partial charge in [-0.1, -0.05) is 18.6 Å². The zero-order chi connectivity index (χ0) is 10.7. The highest BCUT2D eigenvalue weighted by Gasteiger charge is 2.25. The second-order valence-electron chi connectivity index (χ2n) is 4.34. The number of nitrogens with zero attached hydrogens (tertiary/aromatic N) is 3. The van der Waals surface area contributed by atoms with E-state index in [1.807, 2.05) is 0 Å². The zero-order valence-corrected chi connectivity index (χ0v) is 10.0. The first-order chi connectivity index (χ1) is 7.35. The summed E-state index contributed by atoms with van der Waals surface area (Å²) in [6.07, 6.45) is 6.21. The number of aromatic nitrogens is 3. The molecule has 0 amide bonds. The molecule has 0 aromatic carbocycles. The fourth-order valence-electron chi connectivity index (χ4n) is 1.78. The van der Waals surface area contributed by atoms with E-state index >= 15 is 0 Å². The molecule has 3 nitrogen and oxygen atoms in total. The molecule has 2 rings (SSSR count). The lowest BCUT2D eigenvalue weighted by Crippen LogP contribution is -2.07. The molecule has 1 aliphatic carbocycles. The van der Waals surface area contributed by atoms with Gasteiger partial charge in [0.1, 0.15) is 5.69 Å². The number of hydrogen-bond donors (Lipinski definition) is 0. The van der Waals surface area contributed by atoms with Crippen molar-refractivity contribution >= 4 is 11.6 Å². The fraction of sp³-hybridized carbons (Fsp3) is 0.818. The Hall–Kier alpha value is -0.570. The van der Waals surface area contributed by atoms with Crippen LogP contribution in [0.3, 0.4) is 0 Å². The Morgan fingerprint density at radius 2 is 2.27 bits per heavy atom. The van der Waals surface area contributed by atoms with Crippen LogP contribution in [0.2, 0.25) is 0 Å². The first-order valence-corrected chi connectivity index (χ1v) is 6.35. The molecule has 1 saturated carbocycles. The molecule has 1 aliphatic rings. The molecule has 1 aromatic heterocycles. The van der Waals surface area contributed by atoms with E-state index in [4.69, 9.17) is 11.6 Å². The lowest BCUT2D eigenvalue weighted by molar-refractivity contribution is 0.526.